The van der Waals surface area contributed by atoms with Gasteiger partial charge in [0.1, 0.15) is 11.8 Å². The zero-order valence-corrected chi connectivity index (χ0v) is 17.7. The molecule has 31 heavy (non-hydrogen) atoms. The van der Waals surface area contributed by atoms with Crippen molar-refractivity contribution in [3.05, 3.63) is 65.9 Å². The number of pyridine rings is 2. The van der Waals surface area contributed by atoms with E-state index in [9.17, 15) is 4.79 Å². The molecule has 7 nitrogen and oxygen atoms in total. The average molecular weight is 415 g/mol. The average Bonchev–Trinajstić information content (AvgIpc) is 2.81. The number of nitrogens with zero attached hydrogens (tertiary/aromatic N) is 5. The van der Waals surface area contributed by atoms with Crippen LogP contribution in [0.25, 0.3) is 11.4 Å². The van der Waals surface area contributed by atoms with Gasteiger partial charge in [-0.25, -0.2) is 19.9 Å². The van der Waals surface area contributed by atoms with E-state index >= 15 is 0 Å². The van der Waals surface area contributed by atoms with Gasteiger partial charge in [-0.2, -0.15) is 0 Å². The number of aryl methyl sites for hydroxylation is 2. The van der Waals surface area contributed by atoms with Gasteiger partial charge in [-0.1, -0.05) is 6.07 Å². The third-order valence-corrected chi connectivity index (χ3v) is 6.18. The summed E-state index contributed by atoms with van der Waals surface area (Å²) in [7, 11) is 0. The maximum absolute atomic E-state index is 13.7. The summed E-state index contributed by atoms with van der Waals surface area (Å²) in [5, 5.41) is 0. The molecule has 1 saturated carbocycles. The molecule has 1 unspecified atom stereocenters. The topological polar surface area (TPSA) is 81.1 Å². The fourth-order valence-electron chi connectivity index (χ4n) is 4.65. The van der Waals surface area contributed by atoms with Crippen LogP contribution in [0.5, 0.6) is 5.88 Å². The Balaban J connectivity index is 1.44. The molecule has 0 N–H and O–H groups in total. The first kappa shape index (κ1) is 19.6. The standard InChI is InChI=1S/C24H25N5O2/c1-15-4-9-21(27-13-15)31-20-12-17-6-8-19(20)29(14-17)24(30)22-18(7-5-16(2)28-22)23-25-10-3-11-26-23/h3-5,7,9-11,13,17,19-20H,6,8,12,14H2,1-2H3/t17?,19-,20+/m0/s1. The Hall–Kier alpha value is -3.35. The molecule has 1 amide bonds. The molecule has 6 rings (SSSR count). The lowest BCUT2D eigenvalue weighted by Gasteiger charge is -2.49. The van der Waals surface area contributed by atoms with Gasteiger partial charge in [0.25, 0.3) is 5.91 Å². The number of carbonyl (C=O) groups excluding carboxylic acids is 1. The summed E-state index contributed by atoms with van der Waals surface area (Å²) in [6, 6.07) is 9.44. The molecule has 0 aromatic carbocycles. The molecular formula is C24H25N5O2. The van der Waals surface area contributed by atoms with Crippen molar-refractivity contribution in [2.24, 2.45) is 5.92 Å². The molecule has 2 bridgehead atoms. The Kier molecular flexibility index (Phi) is 5.10. The Labute approximate surface area is 181 Å². The maximum Gasteiger partial charge on any atom is 0.273 e. The fraction of sp³-hybridized carbons (Fsp3) is 0.375. The zero-order valence-electron chi connectivity index (χ0n) is 17.7. The van der Waals surface area contributed by atoms with E-state index in [1.54, 1.807) is 18.5 Å². The van der Waals surface area contributed by atoms with E-state index in [1.165, 1.54) is 0 Å². The molecular weight excluding hydrogens is 390 g/mol. The van der Waals surface area contributed by atoms with Crippen molar-refractivity contribution >= 4 is 5.91 Å². The first-order valence-electron chi connectivity index (χ1n) is 10.7. The molecule has 0 spiro atoms. The van der Waals surface area contributed by atoms with Gasteiger partial charge >= 0.3 is 0 Å². The predicted molar refractivity (Wildman–Crippen MR) is 116 cm³/mol. The Morgan fingerprint density at radius 2 is 1.90 bits per heavy atom. The number of piperidine rings is 2. The van der Waals surface area contributed by atoms with E-state index in [0.29, 0.717) is 28.9 Å². The number of hydrogen-bond acceptors (Lipinski definition) is 6. The van der Waals surface area contributed by atoms with E-state index in [-0.39, 0.29) is 18.1 Å². The summed E-state index contributed by atoms with van der Waals surface area (Å²) in [6.45, 7) is 4.63. The quantitative estimate of drug-likeness (QED) is 0.647. The first-order chi connectivity index (χ1) is 15.1. The number of amides is 1. The fourth-order valence-corrected chi connectivity index (χ4v) is 4.65. The summed E-state index contributed by atoms with van der Waals surface area (Å²) >= 11 is 0. The molecule has 3 aliphatic rings. The Morgan fingerprint density at radius 3 is 2.65 bits per heavy atom. The molecule has 1 aliphatic carbocycles. The number of carbonyl (C=O) groups is 1. The lowest BCUT2D eigenvalue weighted by Crippen LogP contribution is -2.59. The van der Waals surface area contributed by atoms with E-state index in [4.69, 9.17) is 4.74 Å². The Bertz CT molecular complexity index is 1090. The van der Waals surface area contributed by atoms with Gasteiger partial charge in [0.2, 0.25) is 5.88 Å². The van der Waals surface area contributed by atoms with Crippen molar-refractivity contribution in [1.29, 1.82) is 0 Å². The minimum Gasteiger partial charge on any atom is -0.472 e. The molecule has 3 fully saturated rings. The molecule has 2 saturated heterocycles. The number of fused-ring (bicyclic) bond motifs is 3. The van der Waals surface area contributed by atoms with Crippen LogP contribution >= 0.6 is 0 Å². The predicted octanol–water partition coefficient (Wildman–Crippen LogP) is 3.62. The maximum atomic E-state index is 13.7. The van der Waals surface area contributed by atoms with Crippen molar-refractivity contribution in [2.75, 3.05) is 6.54 Å². The van der Waals surface area contributed by atoms with Crippen LogP contribution in [-0.2, 0) is 0 Å². The lowest BCUT2D eigenvalue weighted by atomic mass is 9.77. The summed E-state index contributed by atoms with van der Waals surface area (Å²) < 4.78 is 6.25. The van der Waals surface area contributed by atoms with E-state index in [2.05, 4.69) is 19.9 Å². The summed E-state index contributed by atoms with van der Waals surface area (Å²) in [5.74, 6) is 1.47. The number of hydrogen-bond donors (Lipinski definition) is 0. The summed E-state index contributed by atoms with van der Waals surface area (Å²) in [6.07, 6.45) is 8.09. The Morgan fingerprint density at radius 1 is 1.06 bits per heavy atom. The molecule has 2 aliphatic heterocycles. The number of rotatable bonds is 4. The number of aromatic nitrogens is 4. The van der Waals surface area contributed by atoms with Gasteiger partial charge in [-0.3, -0.25) is 4.79 Å². The molecule has 5 heterocycles. The summed E-state index contributed by atoms with van der Waals surface area (Å²) in [4.78, 5) is 33.3. The van der Waals surface area contributed by atoms with Gasteiger partial charge in [-0.05, 0) is 62.8 Å². The van der Waals surface area contributed by atoms with Crippen LogP contribution in [0.15, 0.2) is 48.9 Å². The molecule has 7 heteroatoms. The molecule has 3 aromatic heterocycles. The highest BCUT2D eigenvalue weighted by Crippen LogP contribution is 2.38. The van der Waals surface area contributed by atoms with Crippen LogP contribution in [0.4, 0.5) is 0 Å². The van der Waals surface area contributed by atoms with Crippen molar-refractivity contribution in [3.63, 3.8) is 0 Å². The normalized spacial score (nSPS) is 22.4. The zero-order chi connectivity index (χ0) is 21.4. The SMILES string of the molecule is Cc1ccc(O[C@@H]2CC3CC[C@@H]2N(C(=O)c2nc(C)ccc2-c2ncccn2)C3)nc1. The first-order valence-corrected chi connectivity index (χ1v) is 10.7. The van der Waals surface area contributed by atoms with Crippen LogP contribution in [0.3, 0.4) is 0 Å². The number of ether oxygens (including phenoxy) is 1. The van der Waals surface area contributed by atoms with E-state index < -0.39 is 0 Å². The van der Waals surface area contributed by atoms with Gasteiger partial charge < -0.3 is 9.64 Å². The minimum atomic E-state index is -0.0778. The van der Waals surface area contributed by atoms with E-state index in [0.717, 1.165) is 37.1 Å². The van der Waals surface area contributed by atoms with E-state index in [1.807, 2.05) is 49.2 Å². The molecule has 3 aromatic rings. The van der Waals surface area contributed by atoms with Crippen LogP contribution < -0.4 is 4.74 Å². The van der Waals surface area contributed by atoms with Gasteiger partial charge in [0.15, 0.2) is 5.82 Å². The monoisotopic (exact) mass is 415 g/mol. The second kappa shape index (κ2) is 8.06. The highest BCUT2D eigenvalue weighted by atomic mass is 16.5. The van der Waals surface area contributed by atoms with Crippen LogP contribution in [0.1, 0.15) is 41.0 Å². The smallest absolute Gasteiger partial charge is 0.273 e. The second-order valence-corrected chi connectivity index (χ2v) is 8.46. The molecule has 0 radical (unpaired) electrons. The van der Waals surface area contributed by atoms with Gasteiger partial charge in [-0.15, -0.1) is 0 Å². The molecule has 3 atom stereocenters. The second-order valence-electron chi connectivity index (χ2n) is 8.46. The van der Waals surface area contributed by atoms with Crippen LogP contribution in [0, 0.1) is 19.8 Å². The summed E-state index contributed by atoms with van der Waals surface area (Å²) in [5.41, 5.74) is 2.96. The minimum absolute atomic E-state index is 0.00690. The largest absolute Gasteiger partial charge is 0.472 e. The highest BCUT2D eigenvalue weighted by molar-refractivity contribution is 5.98. The van der Waals surface area contributed by atoms with Crippen LogP contribution in [-0.4, -0.2) is 49.4 Å². The van der Waals surface area contributed by atoms with Gasteiger partial charge in [0.05, 0.1) is 11.6 Å². The van der Waals surface area contributed by atoms with Crippen molar-refractivity contribution < 1.29 is 9.53 Å². The lowest BCUT2D eigenvalue weighted by molar-refractivity contribution is -0.0315. The third-order valence-electron chi connectivity index (χ3n) is 6.18. The van der Waals surface area contributed by atoms with Crippen molar-refractivity contribution in [2.45, 2.75) is 45.3 Å². The highest BCUT2D eigenvalue weighted by Gasteiger charge is 2.45. The molecule has 158 valence electrons. The van der Waals surface area contributed by atoms with Gasteiger partial charge in [0, 0.05) is 36.9 Å². The van der Waals surface area contributed by atoms with Crippen LogP contribution in [0.2, 0.25) is 0 Å². The van der Waals surface area contributed by atoms with Crippen molar-refractivity contribution in [3.8, 4) is 17.3 Å². The van der Waals surface area contributed by atoms with Crippen molar-refractivity contribution in [1.82, 2.24) is 24.8 Å². The third kappa shape index (κ3) is 3.87.